The number of carbonyl (C=O) groups is 2. The number of carbonyl (C=O) groups excluding carboxylic acids is 1. The number of hydrogen-bond acceptors (Lipinski definition) is 2. The summed E-state index contributed by atoms with van der Waals surface area (Å²) < 4.78 is 2.82. The molecule has 1 aromatic carbocycles. The first kappa shape index (κ1) is 13.9. The molecule has 1 fully saturated rings. The van der Waals surface area contributed by atoms with Gasteiger partial charge in [0.2, 0.25) is 0 Å². The van der Waals surface area contributed by atoms with Gasteiger partial charge in [-0.1, -0.05) is 6.07 Å². The molecule has 3 rings (SSSR count). The van der Waals surface area contributed by atoms with E-state index >= 15 is 0 Å². The first-order chi connectivity index (χ1) is 10.0. The van der Waals surface area contributed by atoms with Crippen LogP contribution < -0.4 is 5.32 Å². The summed E-state index contributed by atoms with van der Waals surface area (Å²) in [6.07, 6.45) is 4.06. The first-order valence-electron chi connectivity index (χ1n) is 6.56. The standard InChI is InChI=1S/C15H13BrN2O3/c16-10-7-13(18(8-10)12-4-5-12)14(19)17-11-3-1-2-9(6-11)15(20)21/h1-3,6-8,12H,4-5H2,(H,17,19)(H,20,21). The number of aromatic nitrogens is 1. The summed E-state index contributed by atoms with van der Waals surface area (Å²) in [6, 6.07) is 8.37. The summed E-state index contributed by atoms with van der Waals surface area (Å²) >= 11 is 3.38. The van der Waals surface area contributed by atoms with E-state index in [1.54, 1.807) is 18.2 Å². The molecule has 2 aromatic rings. The lowest BCUT2D eigenvalue weighted by atomic mass is 10.2. The van der Waals surface area contributed by atoms with Crippen molar-refractivity contribution in [1.29, 1.82) is 0 Å². The zero-order chi connectivity index (χ0) is 15.0. The van der Waals surface area contributed by atoms with Crippen LogP contribution in [0.25, 0.3) is 0 Å². The Hall–Kier alpha value is -2.08. The number of amides is 1. The monoisotopic (exact) mass is 348 g/mol. The lowest BCUT2D eigenvalue weighted by molar-refractivity contribution is 0.0696. The second-order valence-electron chi connectivity index (χ2n) is 5.02. The van der Waals surface area contributed by atoms with Gasteiger partial charge in [0.25, 0.3) is 5.91 Å². The molecule has 0 unspecified atom stereocenters. The van der Waals surface area contributed by atoms with Crippen molar-refractivity contribution >= 4 is 33.5 Å². The molecule has 1 aromatic heterocycles. The maximum Gasteiger partial charge on any atom is 0.335 e. The number of benzene rings is 1. The number of rotatable bonds is 4. The van der Waals surface area contributed by atoms with E-state index in [-0.39, 0.29) is 11.5 Å². The van der Waals surface area contributed by atoms with Gasteiger partial charge in [0.15, 0.2) is 0 Å². The van der Waals surface area contributed by atoms with Gasteiger partial charge in [-0.25, -0.2) is 4.79 Å². The third-order valence-electron chi connectivity index (χ3n) is 3.36. The fraction of sp³-hybridized carbons (Fsp3) is 0.200. The highest BCUT2D eigenvalue weighted by Crippen LogP contribution is 2.37. The third kappa shape index (κ3) is 3.00. The van der Waals surface area contributed by atoms with Crippen molar-refractivity contribution in [2.75, 3.05) is 5.32 Å². The molecule has 5 nitrogen and oxygen atoms in total. The van der Waals surface area contributed by atoms with Crippen molar-refractivity contribution < 1.29 is 14.7 Å². The van der Waals surface area contributed by atoms with Crippen molar-refractivity contribution in [3.8, 4) is 0 Å². The summed E-state index contributed by atoms with van der Waals surface area (Å²) in [7, 11) is 0. The Morgan fingerprint density at radius 1 is 1.29 bits per heavy atom. The maximum atomic E-state index is 12.4. The van der Waals surface area contributed by atoms with Gasteiger partial charge in [0, 0.05) is 22.4 Å². The minimum absolute atomic E-state index is 0.145. The Bertz CT molecular complexity index is 719. The van der Waals surface area contributed by atoms with Gasteiger partial charge >= 0.3 is 5.97 Å². The molecule has 0 bridgehead atoms. The number of aromatic carboxylic acids is 1. The molecular formula is C15H13BrN2O3. The molecule has 108 valence electrons. The van der Waals surface area contributed by atoms with Crippen LogP contribution in [0.4, 0.5) is 5.69 Å². The van der Waals surface area contributed by atoms with E-state index < -0.39 is 5.97 Å². The Labute approximate surface area is 129 Å². The molecule has 0 saturated heterocycles. The quantitative estimate of drug-likeness (QED) is 0.887. The van der Waals surface area contributed by atoms with Crippen LogP contribution in [0, 0.1) is 0 Å². The Balaban J connectivity index is 1.83. The smallest absolute Gasteiger partial charge is 0.335 e. The molecule has 1 saturated carbocycles. The normalized spacial score (nSPS) is 14.0. The summed E-state index contributed by atoms with van der Waals surface area (Å²) in [4.78, 5) is 23.3. The minimum Gasteiger partial charge on any atom is -0.478 e. The number of anilines is 1. The van der Waals surface area contributed by atoms with Crippen LogP contribution in [-0.2, 0) is 0 Å². The molecule has 6 heteroatoms. The molecule has 1 aliphatic rings. The van der Waals surface area contributed by atoms with Gasteiger partial charge in [-0.3, -0.25) is 4.79 Å². The van der Waals surface area contributed by atoms with E-state index in [0.29, 0.717) is 17.4 Å². The van der Waals surface area contributed by atoms with Crippen LogP contribution in [0.2, 0.25) is 0 Å². The van der Waals surface area contributed by atoms with Gasteiger partial charge in [-0.15, -0.1) is 0 Å². The summed E-state index contributed by atoms with van der Waals surface area (Å²) in [5.74, 6) is -1.26. The highest BCUT2D eigenvalue weighted by atomic mass is 79.9. The van der Waals surface area contributed by atoms with Gasteiger partial charge in [0.1, 0.15) is 5.69 Å². The average molecular weight is 349 g/mol. The highest BCUT2D eigenvalue weighted by molar-refractivity contribution is 9.10. The summed E-state index contributed by atoms with van der Waals surface area (Å²) in [5.41, 5.74) is 1.19. The van der Waals surface area contributed by atoms with Crippen LogP contribution in [-0.4, -0.2) is 21.6 Å². The van der Waals surface area contributed by atoms with E-state index in [1.807, 2.05) is 10.8 Å². The van der Waals surface area contributed by atoms with Gasteiger partial charge in [-0.2, -0.15) is 0 Å². The number of carboxylic acids is 1. The Kier molecular flexibility index (Phi) is 3.55. The summed E-state index contributed by atoms with van der Waals surface area (Å²) in [6.45, 7) is 0. The van der Waals surface area contributed by atoms with E-state index in [2.05, 4.69) is 21.2 Å². The number of nitrogens with zero attached hydrogens (tertiary/aromatic N) is 1. The van der Waals surface area contributed by atoms with E-state index in [1.165, 1.54) is 12.1 Å². The molecule has 2 N–H and O–H groups in total. The van der Waals surface area contributed by atoms with Crippen molar-refractivity contribution in [3.63, 3.8) is 0 Å². The van der Waals surface area contributed by atoms with E-state index in [0.717, 1.165) is 17.3 Å². The SMILES string of the molecule is O=C(O)c1cccc(NC(=O)c2cc(Br)cn2C2CC2)c1. The molecule has 1 amide bonds. The molecule has 0 aliphatic heterocycles. The molecule has 0 radical (unpaired) electrons. The fourth-order valence-electron chi connectivity index (χ4n) is 2.21. The number of hydrogen-bond donors (Lipinski definition) is 2. The molecular weight excluding hydrogens is 336 g/mol. The zero-order valence-electron chi connectivity index (χ0n) is 11.0. The highest BCUT2D eigenvalue weighted by Gasteiger charge is 2.27. The average Bonchev–Trinajstić information content (AvgIpc) is 3.21. The maximum absolute atomic E-state index is 12.4. The second kappa shape index (κ2) is 5.37. The van der Waals surface area contributed by atoms with Crippen LogP contribution in [0.15, 0.2) is 41.0 Å². The molecule has 1 aliphatic carbocycles. The van der Waals surface area contributed by atoms with Crippen molar-refractivity contribution in [2.45, 2.75) is 18.9 Å². The lowest BCUT2D eigenvalue weighted by Crippen LogP contribution is -2.16. The summed E-state index contributed by atoms with van der Waals surface area (Å²) in [5, 5.41) is 11.7. The number of halogens is 1. The second-order valence-corrected chi connectivity index (χ2v) is 5.94. The van der Waals surface area contributed by atoms with E-state index in [9.17, 15) is 9.59 Å². The Morgan fingerprint density at radius 3 is 2.71 bits per heavy atom. The predicted octanol–water partition coefficient (Wildman–Crippen LogP) is 3.54. The Morgan fingerprint density at radius 2 is 2.05 bits per heavy atom. The number of carboxylic acid groups (broad SMARTS) is 1. The molecule has 0 spiro atoms. The van der Waals surface area contributed by atoms with Crippen molar-refractivity contribution in [2.24, 2.45) is 0 Å². The third-order valence-corrected chi connectivity index (χ3v) is 3.79. The first-order valence-corrected chi connectivity index (χ1v) is 7.36. The largest absolute Gasteiger partial charge is 0.478 e. The number of nitrogens with one attached hydrogen (secondary N) is 1. The predicted molar refractivity (Wildman–Crippen MR) is 81.8 cm³/mol. The van der Waals surface area contributed by atoms with Crippen LogP contribution in [0.1, 0.15) is 39.7 Å². The zero-order valence-corrected chi connectivity index (χ0v) is 12.6. The minimum atomic E-state index is -1.02. The van der Waals surface area contributed by atoms with Gasteiger partial charge in [0.05, 0.1) is 5.56 Å². The topological polar surface area (TPSA) is 71.3 Å². The van der Waals surface area contributed by atoms with Crippen LogP contribution in [0.3, 0.4) is 0 Å². The van der Waals surface area contributed by atoms with Crippen molar-refractivity contribution in [1.82, 2.24) is 4.57 Å². The van der Waals surface area contributed by atoms with Crippen LogP contribution in [0.5, 0.6) is 0 Å². The molecule has 0 atom stereocenters. The molecule has 21 heavy (non-hydrogen) atoms. The van der Waals surface area contributed by atoms with Gasteiger partial charge in [-0.05, 0) is 53.0 Å². The molecule has 1 heterocycles. The lowest BCUT2D eigenvalue weighted by Gasteiger charge is -2.09. The van der Waals surface area contributed by atoms with Crippen LogP contribution >= 0.6 is 15.9 Å². The fourth-order valence-corrected chi connectivity index (χ4v) is 2.64. The van der Waals surface area contributed by atoms with Gasteiger partial charge < -0.3 is 15.0 Å². The van der Waals surface area contributed by atoms with E-state index in [4.69, 9.17) is 5.11 Å². The van der Waals surface area contributed by atoms with Crippen molar-refractivity contribution in [3.05, 3.63) is 52.3 Å².